The van der Waals surface area contributed by atoms with E-state index >= 15 is 0 Å². The molecule has 0 radical (unpaired) electrons. The van der Waals surface area contributed by atoms with E-state index in [9.17, 15) is 9.59 Å². The fraction of sp³-hybridized carbons (Fsp3) is 0.667. The van der Waals surface area contributed by atoms with Gasteiger partial charge in [-0.1, -0.05) is 13.8 Å². The number of nitrogens with zero attached hydrogens (tertiary/aromatic N) is 2. The lowest BCUT2D eigenvalue weighted by Crippen LogP contribution is -2.42. The standard InChI is InChI=1S/C12H19N3O2/c1-8-4-9(2)7-15(6-8)10-5-11(16)14(3)12(17)13-10/h5,8-9H,4,6-7H2,1-3H3,(H,13,17). The van der Waals surface area contributed by atoms with Crippen LogP contribution in [-0.4, -0.2) is 22.6 Å². The van der Waals surface area contributed by atoms with Crippen molar-refractivity contribution in [2.45, 2.75) is 20.3 Å². The van der Waals surface area contributed by atoms with E-state index in [1.165, 1.54) is 19.5 Å². The maximum absolute atomic E-state index is 11.6. The van der Waals surface area contributed by atoms with Crippen molar-refractivity contribution in [3.8, 4) is 0 Å². The molecule has 0 aliphatic carbocycles. The molecular formula is C12H19N3O2. The Hall–Kier alpha value is -1.52. The van der Waals surface area contributed by atoms with E-state index in [-0.39, 0.29) is 11.2 Å². The van der Waals surface area contributed by atoms with Crippen molar-refractivity contribution < 1.29 is 0 Å². The number of H-pyrrole nitrogens is 1. The van der Waals surface area contributed by atoms with E-state index < -0.39 is 0 Å². The molecule has 0 spiro atoms. The van der Waals surface area contributed by atoms with Crippen molar-refractivity contribution in [1.82, 2.24) is 9.55 Å². The normalized spacial score (nSPS) is 25.0. The Morgan fingerprint density at radius 1 is 1.24 bits per heavy atom. The monoisotopic (exact) mass is 237 g/mol. The first-order valence-electron chi connectivity index (χ1n) is 6.02. The van der Waals surface area contributed by atoms with Gasteiger partial charge in [0, 0.05) is 26.2 Å². The molecule has 1 N–H and O–H groups in total. The van der Waals surface area contributed by atoms with Crippen LogP contribution in [0, 0.1) is 11.8 Å². The average Bonchev–Trinajstić information content (AvgIpc) is 2.23. The van der Waals surface area contributed by atoms with Gasteiger partial charge in [-0.25, -0.2) is 4.79 Å². The van der Waals surface area contributed by atoms with Gasteiger partial charge in [0.2, 0.25) is 0 Å². The van der Waals surface area contributed by atoms with Crippen molar-refractivity contribution in [2.24, 2.45) is 18.9 Å². The number of rotatable bonds is 1. The van der Waals surface area contributed by atoms with E-state index in [0.717, 1.165) is 17.7 Å². The Labute approximate surface area is 100 Å². The van der Waals surface area contributed by atoms with Crippen molar-refractivity contribution in [3.05, 3.63) is 26.9 Å². The van der Waals surface area contributed by atoms with Crippen LogP contribution < -0.4 is 16.1 Å². The van der Waals surface area contributed by atoms with Crippen LogP contribution in [0.15, 0.2) is 15.7 Å². The Morgan fingerprint density at radius 2 is 1.82 bits per heavy atom. The third-order valence-electron chi connectivity index (χ3n) is 3.34. The topological polar surface area (TPSA) is 58.1 Å². The van der Waals surface area contributed by atoms with Crippen LogP contribution >= 0.6 is 0 Å². The van der Waals surface area contributed by atoms with Crippen LogP contribution in [0.25, 0.3) is 0 Å². The second kappa shape index (κ2) is 4.39. The molecule has 2 heterocycles. The van der Waals surface area contributed by atoms with E-state index in [0.29, 0.717) is 17.7 Å². The van der Waals surface area contributed by atoms with Crippen LogP contribution in [0.5, 0.6) is 0 Å². The Balaban J connectivity index is 2.34. The molecule has 2 unspecified atom stereocenters. The molecule has 1 aliphatic heterocycles. The molecule has 2 atom stereocenters. The van der Waals surface area contributed by atoms with E-state index in [1.54, 1.807) is 0 Å². The van der Waals surface area contributed by atoms with Gasteiger partial charge in [-0.15, -0.1) is 0 Å². The summed E-state index contributed by atoms with van der Waals surface area (Å²) in [6, 6.07) is 1.51. The highest BCUT2D eigenvalue weighted by Crippen LogP contribution is 2.23. The number of anilines is 1. The molecule has 0 bridgehead atoms. The molecule has 1 aromatic heterocycles. The third-order valence-corrected chi connectivity index (χ3v) is 3.34. The molecule has 1 fully saturated rings. The van der Waals surface area contributed by atoms with Gasteiger partial charge in [0.1, 0.15) is 5.82 Å². The smallest absolute Gasteiger partial charge is 0.329 e. The number of hydrogen-bond donors (Lipinski definition) is 1. The quantitative estimate of drug-likeness (QED) is 0.776. The second-order valence-corrected chi connectivity index (χ2v) is 5.21. The van der Waals surface area contributed by atoms with Crippen LogP contribution in [0.1, 0.15) is 20.3 Å². The number of nitrogens with one attached hydrogen (secondary N) is 1. The minimum atomic E-state index is -0.349. The molecule has 5 heteroatoms. The minimum absolute atomic E-state index is 0.255. The lowest BCUT2D eigenvalue weighted by atomic mass is 9.92. The Morgan fingerprint density at radius 3 is 2.35 bits per heavy atom. The third kappa shape index (κ3) is 2.43. The highest BCUT2D eigenvalue weighted by molar-refractivity contribution is 5.37. The summed E-state index contributed by atoms with van der Waals surface area (Å²) < 4.78 is 1.08. The number of hydrogen-bond acceptors (Lipinski definition) is 3. The first-order chi connectivity index (χ1) is 7.97. The molecule has 94 valence electrons. The fourth-order valence-corrected chi connectivity index (χ4v) is 2.57. The summed E-state index contributed by atoms with van der Waals surface area (Å²) in [5, 5.41) is 0. The summed E-state index contributed by atoms with van der Waals surface area (Å²) >= 11 is 0. The van der Waals surface area contributed by atoms with Crippen LogP contribution in [0.2, 0.25) is 0 Å². The van der Waals surface area contributed by atoms with Gasteiger partial charge in [-0.05, 0) is 18.3 Å². The van der Waals surface area contributed by atoms with Crippen molar-refractivity contribution in [1.29, 1.82) is 0 Å². The van der Waals surface area contributed by atoms with Gasteiger partial charge in [-0.3, -0.25) is 14.3 Å². The SMILES string of the molecule is CC1CC(C)CN(c2cc(=O)n(C)c(=O)[nH]2)C1. The zero-order chi connectivity index (χ0) is 12.6. The van der Waals surface area contributed by atoms with E-state index in [2.05, 4.69) is 23.7 Å². The first-order valence-corrected chi connectivity index (χ1v) is 6.02. The van der Waals surface area contributed by atoms with Crippen LogP contribution in [0.4, 0.5) is 5.82 Å². The lowest BCUT2D eigenvalue weighted by Gasteiger charge is -2.36. The number of piperidine rings is 1. The van der Waals surface area contributed by atoms with Crippen molar-refractivity contribution in [2.75, 3.05) is 18.0 Å². The highest BCUT2D eigenvalue weighted by atomic mass is 16.2. The van der Waals surface area contributed by atoms with Crippen LogP contribution in [0.3, 0.4) is 0 Å². The molecule has 2 rings (SSSR count). The zero-order valence-electron chi connectivity index (χ0n) is 10.6. The maximum Gasteiger partial charge on any atom is 0.329 e. The van der Waals surface area contributed by atoms with E-state index in [4.69, 9.17) is 0 Å². The summed E-state index contributed by atoms with van der Waals surface area (Å²) in [5.41, 5.74) is -0.604. The maximum atomic E-state index is 11.6. The first kappa shape index (κ1) is 12.0. The molecule has 5 nitrogen and oxygen atoms in total. The van der Waals surface area contributed by atoms with E-state index in [1.807, 2.05) is 0 Å². The highest BCUT2D eigenvalue weighted by Gasteiger charge is 2.22. The Kier molecular flexibility index (Phi) is 3.09. The summed E-state index contributed by atoms with van der Waals surface area (Å²) in [4.78, 5) is 28.0. The van der Waals surface area contributed by atoms with Gasteiger partial charge < -0.3 is 4.90 Å². The summed E-state index contributed by atoms with van der Waals surface area (Å²) in [6.07, 6.45) is 1.20. The molecule has 0 saturated carbocycles. The van der Waals surface area contributed by atoms with Crippen molar-refractivity contribution in [3.63, 3.8) is 0 Å². The molecular weight excluding hydrogens is 218 g/mol. The predicted molar refractivity (Wildman–Crippen MR) is 67.5 cm³/mol. The molecule has 17 heavy (non-hydrogen) atoms. The van der Waals surface area contributed by atoms with Gasteiger partial charge >= 0.3 is 5.69 Å². The molecule has 0 aromatic carbocycles. The number of aromatic amines is 1. The Bertz CT molecular complexity index is 476. The van der Waals surface area contributed by atoms with Gasteiger partial charge in [0.15, 0.2) is 0 Å². The molecule has 1 aliphatic rings. The van der Waals surface area contributed by atoms with Gasteiger partial charge in [-0.2, -0.15) is 0 Å². The van der Waals surface area contributed by atoms with Gasteiger partial charge in [0.25, 0.3) is 5.56 Å². The molecule has 1 saturated heterocycles. The van der Waals surface area contributed by atoms with Gasteiger partial charge in [0.05, 0.1) is 0 Å². The second-order valence-electron chi connectivity index (χ2n) is 5.21. The molecule has 1 aromatic rings. The summed E-state index contributed by atoms with van der Waals surface area (Å²) in [5.74, 6) is 1.83. The summed E-state index contributed by atoms with van der Waals surface area (Å²) in [7, 11) is 1.48. The summed E-state index contributed by atoms with van der Waals surface area (Å²) in [6.45, 7) is 6.19. The number of aromatic nitrogens is 2. The lowest BCUT2D eigenvalue weighted by molar-refractivity contribution is 0.355. The minimum Gasteiger partial charge on any atom is -0.357 e. The predicted octanol–water partition coefficient (Wildman–Crippen LogP) is 0.556. The zero-order valence-corrected chi connectivity index (χ0v) is 10.6. The average molecular weight is 237 g/mol. The molecule has 0 amide bonds. The fourth-order valence-electron chi connectivity index (χ4n) is 2.57. The largest absolute Gasteiger partial charge is 0.357 e. The van der Waals surface area contributed by atoms with Crippen LogP contribution in [-0.2, 0) is 7.05 Å². The van der Waals surface area contributed by atoms with Crippen molar-refractivity contribution >= 4 is 5.82 Å².